The van der Waals surface area contributed by atoms with Gasteiger partial charge >= 0.3 is 0 Å². The van der Waals surface area contributed by atoms with E-state index in [1.807, 2.05) is 0 Å². The van der Waals surface area contributed by atoms with Gasteiger partial charge in [0.1, 0.15) is 0 Å². The van der Waals surface area contributed by atoms with E-state index >= 15 is 0 Å². The lowest BCUT2D eigenvalue weighted by Gasteiger charge is -2.47. The number of rotatable bonds is 0. The van der Waals surface area contributed by atoms with E-state index < -0.39 is 0 Å². The molecule has 84 valence electrons. The van der Waals surface area contributed by atoms with Crippen LogP contribution < -0.4 is 0 Å². The molecule has 15 heavy (non-hydrogen) atoms. The summed E-state index contributed by atoms with van der Waals surface area (Å²) in [6.07, 6.45) is 12.9. The Balaban J connectivity index is 2.00. The van der Waals surface area contributed by atoms with Crippen molar-refractivity contribution in [2.75, 3.05) is 11.5 Å². The molecule has 1 saturated carbocycles. The summed E-state index contributed by atoms with van der Waals surface area (Å²) >= 11 is 2.24. The van der Waals surface area contributed by atoms with Crippen LogP contribution in [0.1, 0.15) is 51.9 Å². The molecule has 2 aliphatic carbocycles. The maximum atomic E-state index is 2.55. The van der Waals surface area contributed by atoms with E-state index in [4.69, 9.17) is 0 Å². The van der Waals surface area contributed by atoms with Crippen molar-refractivity contribution in [1.29, 1.82) is 0 Å². The van der Waals surface area contributed by atoms with Gasteiger partial charge in [0.15, 0.2) is 0 Å². The maximum Gasteiger partial charge on any atom is -0.000179 e. The van der Waals surface area contributed by atoms with E-state index in [0.29, 0.717) is 10.8 Å². The molecule has 1 saturated heterocycles. The van der Waals surface area contributed by atoms with Crippen LogP contribution in [0.3, 0.4) is 0 Å². The van der Waals surface area contributed by atoms with Gasteiger partial charge in [0.25, 0.3) is 0 Å². The van der Waals surface area contributed by atoms with E-state index in [2.05, 4.69) is 24.8 Å². The molecule has 2 atom stereocenters. The third kappa shape index (κ3) is 1.42. The van der Waals surface area contributed by atoms with Gasteiger partial charge in [0, 0.05) is 0 Å². The minimum atomic E-state index is 0.715. The summed E-state index contributed by atoms with van der Waals surface area (Å²) in [6.45, 7) is 2.35. The van der Waals surface area contributed by atoms with Crippen LogP contribution in [0.5, 0.6) is 0 Å². The molecule has 0 aromatic rings. The van der Waals surface area contributed by atoms with Gasteiger partial charge in [-0.15, -0.1) is 0 Å². The first-order chi connectivity index (χ1) is 7.27. The molecule has 1 heterocycles. The van der Waals surface area contributed by atoms with E-state index in [1.165, 1.54) is 56.5 Å². The first kappa shape index (κ1) is 10.3. The van der Waals surface area contributed by atoms with Gasteiger partial charge in [0.05, 0.1) is 0 Å². The molecule has 0 unspecified atom stereocenters. The Labute approximate surface area is 97.9 Å². The zero-order chi connectivity index (χ0) is 10.4. The van der Waals surface area contributed by atoms with Crippen molar-refractivity contribution in [3.63, 3.8) is 0 Å². The largest absolute Gasteiger partial charge is 0.161 e. The zero-order valence-electron chi connectivity index (χ0n) is 9.85. The summed E-state index contributed by atoms with van der Waals surface area (Å²) in [5.74, 6) is 2.91. The summed E-state index contributed by atoms with van der Waals surface area (Å²) < 4.78 is 0. The molecule has 2 fully saturated rings. The lowest BCUT2D eigenvalue weighted by Crippen LogP contribution is -2.42. The average molecular weight is 222 g/mol. The minimum Gasteiger partial charge on any atom is -0.161 e. The van der Waals surface area contributed by atoms with Crippen molar-refractivity contribution in [2.24, 2.45) is 10.8 Å². The second-order valence-electron chi connectivity index (χ2n) is 6.05. The van der Waals surface area contributed by atoms with Crippen molar-refractivity contribution in [3.8, 4) is 0 Å². The van der Waals surface area contributed by atoms with Crippen LogP contribution >= 0.6 is 11.8 Å². The zero-order valence-corrected chi connectivity index (χ0v) is 10.7. The van der Waals surface area contributed by atoms with Crippen LogP contribution in [0.25, 0.3) is 0 Å². The monoisotopic (exact) mass is 222 g/mol. The molecule has 0 bridgehead atoms. The van der Waals surface area contributed by atoms with Crippen LogP contribution in [-0.2, 0) is 0 Å². The van der Waals surface area contributed by atoms with E-state index in [9.17, 15) is 0 Å². The summed E-state index contributed by atoms with van der Waals surface area (Å²) in [5, 5.41) is 0. The number of allylic oxidation sites excluding steroid dienone is 2. The quantitative estimate of drug-likeness (QED) is 0.547. The summed E-state index contributed by atoms with van der Waals surface area (Å²) in [6, 6.07) is 0. The summed E-state index contributed by atoms with van der Waals surface area (Å²) in [7, 11) is 0. The molecule has 3 aliphatic rings. The van der Waals surface area contributed by atoms with Crippen molar-refractivity contribution in [2.45, 2.75) is 51.9 Å². The highest BCUT2D eigenvalue weighted by atomic mass is 32.2. The SMILES string of the molecule is CC1=CC[C@@]23CCCCC[C@]2(CSC3)C1. The Kier molecular flexibility index (Phi) is 2.43. The highest BCUT2D eigenvalue weighted by molar-refractivity contribution is 7.99. The highest BCUT2D eigenvalue weighted by Gasteiger charge is 2.55. The van der Waals surface area contributed by atoms with Crippen molar-refractivity contribution >= 4 is 11.8 Å². The molecular weight excluding hydrogens is 200 g/mol. The lowest BCUT2D eigenvalue weighted by atomic mass is 9.56. The fourth-order valence-electron chi connectivity index (χ4n) is 4.21. The van der Waals surface area contributed by atoms with Gasteiger partial charge in [-0.25, -0.2) is 0 Å². The summed E-state index contributed by atoms with van der Waals surface area (Å²) in [5.41, 5.74) is 3.11. The fourth-order valence-corrected chi connectivity index (χ4v) is 6.21. The third-order valence-electron chi connectivity index (χ3n) is 5.15. The topological polar surface area (TPSA) is 0 Å². The molecule has 1 aliphatic heterocycles. The number of hydrogen-bond acceptors (Lipinski definition) is 1. The van der Waals surface area contributed by atoms with Crippen LogP contribution in [0, 0.1) is 10.8 Å². The molecule has 0 nitrogen and oxygen atoms in total. The molecule has 0 spiro atoms. The van der Waals surface area contributed by atoms with Crippen molar-refractivity contribution in [3.05, 3.63) is 11.6 Å². The van der Waals surface area contributed by atoms with Gasteiger partial charge in [-0.3, -0.25) is 0 Å². The first-order valence-corrected chi connectivity index (χ1v) is 7.65. The Morgan fingerprint density at radius 1 is 1.07 bits per heavy atom. The molecule has 1 heteroatoms. The second-order valence-corrected chi connectivity index (χ2v) is 7.03. The predicted molar refractivity (Wildman–Crippen MR) is 68.3 cm³/mol. The molecule has 3 rings (SSSR count). The third-order valence-corrected chi connectivity index (χ3v) is 6.66. The maximum absolute atomic E-state index is 2.55. The van der Waals surface area contributed by atoms with Gasteiger partial charge in [-0.2, -0.15) is 11.8 Å². The van der Waals surface area contributed by atoms with Crippen LogP contribution in [0.2, 0.25) is 0 Å². The molecule has 0 amide bonds. The average Bonchev–Trinajstić information content (AvgIpc) is 2.47. The van der Waals surface area contributed by atoms with E-state index in [0.717, 1.165) is 0 Å². The molecule has 0 aromatic carbocycles. The smallest absolute Gasteiger partial charge is 0.000179 e. The van der Waals surface area contributed by atoms with Gasteiger partial charge < -0.3 is 0 Å². The normalized spacial score (nSPS) is 45.3. The van der Waals surface area contributed by atoms with Crippen molar-refractivity contribution in [1.82, 2.24) is 0 Å². The van der Waals surface area contributed by atoms with E-state index in [1.54, 1.807) is 5.57 Å². The first-order valence-electron chi connectivity index (χ1n) is 6.50. The number of thioether (sulfide) groups is 1. The van der Waals surface area contributed by atoms with Crippen molar-refractivity contribution < 1.29 is 0 Å². The van der Waals surface area contributed by atoms with Gasteiger partial charge in [-0.1, -0.05) is 30.9 Å². The molecule has 0 N–H and O–H groups in total. The van der Waals surface area contributed by atoms with Gasteiger partial charge in [-0.05, 0) is 54.9 Å². The van der Waals surface area contributed by atoms with Crippen LogP contribution in [-0.4, -0.2) is 11.5 Å². The Morgan fingerprint density at radius 2 is 1.80 bits per heavy atom. The van der Waals surface area contributed by atoms with E-state index in [-0.39, 0.29) is 0 Å². The summed E-state index contributed by atoms with van der Waals surface area (Å²) in [4.78, 5) is 0. The van der Waals surface area contributed by atoms with Gasteiger partial charge in [0.2, 0.25) is 0 Å². The standard InChI is InChI=1S/C14H22S/c1-12-5-8-13-6-3-2-4-7-14(13,9-12)11-15-10-13/h5H,2-4,6-11H2,1H3/t13-,14-/m1/s1. The van der Waals surface area contributed by atoms with Crippen LogP contribution in [0.15, 0.2) is 11.6 Å². The molecular formula is C14H22S. The Hall–Kier alpha value is 0.0900. The number of hydrogen-bond donors (Lipinski definition) is 0. The highest BCUT2D eigenvalue weighted by Crippen LogP contribution is 2.63. The Morgan fingerprint density at radius 3 is 2.67 bits per heavy atom. The van der Waals surface area contributed by atoms with Crippen LogP contribution in [0.4, 0.5) is 0 Å². The lowest BCUT2D eigenvalue weighted by molar-refractivity contribution is 0.0741. The molecule has 0 aromatic heterocycles. The minimum absolute atomic E-state index is 0.715. The molecule has 0 radical (unpaired) electrons. The fraction of sp³-hybridized carbons (Fsp3) is 0.857. The predicted octanol–water partition coefficient (Wildman–Crippen LogP) is 4.41. The Bertz CT molecular complexity index is 294. The second kappa shape index (κ2) is 3.55.